The van der Waals surface area contributed by atoms with Gasteiger partial charge in [-0.2, -0.15) is 0 Å². The molecule has 0 aromatic heterocycles. The number of hydrogen-bond donors (Lipinski definition) is 1. The van der Waals surface area contributed by atoms with E-state index in [-0.39, 0.29) is 0 Å². The first-order chi connectivity index (χ1) is 9.58. The second kappa shape index (κ2) is 8.31. The molecule has 0 spiro atoms. The number of aryl methyl sites for hydroxylation is 2. The second-order valence-electron chi connectivity index (χ2n) is 5.71. The number of benzene rings is 1. The molecular formula is C18H31NO. The standard InChI is InChI=1S/C18H31NO/c1-7-10-19-18(15(8-2)9-3)17-14(5)11-13(4)12-16(17)20-6/h11-12,15,18-19H,7-10H2,1-6H3. The van der Waals surface area contributed by atoms with E-state index in [1.807, 2.05) is 0 Å². The molecule has 0 aliphatic heterocycles. The molecule has 1 atom stereocenters. The molecule has 0 radical (unpaired) electrons. The summed E-state index contributed by atoms with van der Waals surface area (Å²) in [6.07, 6.45) is 3.53. The van der Waals surface area contributed by atoms with E-state index >= 15 is 0 Å². The lowest BCUT2D eigenvalue weighted by Gasteiger charge is -2.30. The van der Waals surface area contributed by atoms with Crippen molar-refractivity contribution in [2.24, 2.45) is 5.92 Å². The van der Waals surface area contributed by atoms with Crippen LogP contribution in [0.4, 0.5) is 0 Å². The summed E-state index contributed by atoms with van der Waals surface area (Å²) >= 11 is 0. The molecule has 1 aromatic rings. The van der Waals surface area contributed by atoms with Gasteiger partial charge in [-0.05, 0) is 49.9 Å². The summed E-state index contributed by atoms with van der Waals surface area (Å²) in [7, 11) is 1.78. The van der Waals surface area contributed by atoms with Crippen LogP contribution in [0.2, 0.25) is 0 Å². The van der Waals surface area contributed by atoms with Crippen LogP contribution < -0.4 is 10.1 Å². The predicted molar refractivity (Wildman–Crippen MR) is 87.6 cm³/mol. The average Bonchev–Trinajstić information content (AvgIpc) is 2.43. The summed E-state index contributed by atoms with van der Waals surface area (Å²) in [5, 5.41) is 3.74. The molecule has 0 aliphatic carbocycles. The lowest BCUT2D eigenvalue weighted by Crippen LogP contribution is -2.29. The molecule has 0 heterocycles. The van der Waals surface area contributed by atoms with Crippen molar-refractivity contribution >= 4 is 0 Å². The smallest absolute Gasteiger partial charge is 0.124 e. The monoisotopic (exact) mass is 277 g/mol. The highest BCUT2D eigenvalue weighted by Gasteiger charge is 2.24. The van der Waals surface area contributed by atoms with E-state index in [4.69, 9.17) is 4.74 Å². The minimum atomic E-state index is 0.389. The molecule has 20 heavy (non-hydrogen) atoms. The van der Waals surface area contributed by atoms with E-state index in [1.54, 1.807) is 7.11 Å². The lowest BCUT2D eigenvalue weighted by molar-refractivity contribution is 0.324. The number of hydrogen-bond acceptors (Lipinski definition) is 2. The van der Waals surface area contributed by atoms with Gasteiger partial charge in [0.25, 0.3) is 0 Å². The Hall–Kier alpha value is -1.02. The van der Waals surface area contributed by atoms with Crippen LogP contribution in [0.25, 0.3) is 0 Å². The van der Waals surface area contributed by atoms with E-state index < -0.39 is 0 Å². The zero-order valence-corrected chi connectivity index (χ0v) is 14.0. The van der Waals surface area contributed by atoms with Gasteiger partial charge in [-0.3, -0.25) is 0 Å². The lowest BCUT2D eigenvalue weighted by atomic mass is 9.85. The summed E-state index contributed by atoms with van der Waals surface area (Å²) in [6, 6.07) is 4.81. The van der Waals surface area contributed by atoms with E-state index in [0.717, 1.165) is 18.7 Å². The molecule has 114 valence electrons. The zero-order valence-electron chi connectivity index (χ0n) is 14.0. The summed E-state index contributed by atoms with van der Waals surface area (Å²) < 4.78 is 5.67. The average molecular weight is 277 g/mol. The molecule has 1 aromatic carbocycles. The normalized spacial score (nSPS) is 12.8. The fourth-order valence-corrected chi connectivity index (χ4v) is 3.07. The molecule has 0 bridgehead atoms. The van der Waals surface area contributed by atoms with Gasteiger partial charge in [-0.1, -0.05) is 39.7 Å². The van der Waals surface area contributed by atoms with Crippen LogP contribution in [0.3, 0.4) is 0 Å². The third-order valence-corrected chi connectivity index (χ3v) is 4.16. The third kappa shape index (κ3) is 3.99. The zero-order chi connectivity index (χ0) is 15.1. The Labute approximate surface area is 124 Å². The van der Waals surface area contributed by atoms with E-state index in [2.05, 4.69) is 52.1 Å². The van der Waals surface area contributed by atoms with Crippen LogP contribution in [0.1, 0.15) is 62.8 Å². The number of methoxy groups -OCH3 is 1. The number of rotatable bonds is 8. The molecule has 2 nitrogen and oxygen atoms in total. The molecule has 1 N–H and O–H groups in total. The summed E-state index contributed by atoms with van der Waals surface area (Å²) in [4.78, 5) is 0. The first-order valence-corrected chi connectivity index (χ1v) is 7.97. The summed E-state index contributed by atoms with van der Waals surface area (Å²) in [5.41, 5.74) is 3.95. The fourth-order valence-electron chi connectivity index (χ4n) is 3.07. The van der Waals surface area contributed by atoms with Gasteiger partial charge in [0.15, 0.2) is 0 Å². The van der Waals surface area contributed by atoms with Crippen LogP contribution in [0.15, 0.2) is 12.1 Å². The van der Waals surface area contributed by atoms with Gasteiger partial charge in [-0.15, -0.1) is 0 Å². The van der Waals surface area contributed by atoms with Crippen LogP contribution in [0.5, 0.6) is 5.75 Å². The Morgan fingerprint density at radius 3 is 2.25 bits per heavy atom. The van der Waals surface area contributed by atoms with Crippen LogP contribution in [0, 0.1) is 19.8 Å². The number of nitrogens with one attached hydrogen (secondary N) is 1. The van der Waals surface area contributed by atoms with Gasteiger partial charge in [0, 0.05) is 11.6 Å². The van der Waals surface area contributed by atoms with Crippen molar-refractivity contribution in [3.05, 3.63) is 28.8 Å². The van der Waals surface area contributed by atoms with Gasteiger partial charge >= 0.3 is 0 Å². The predicted octanol–water partition coefficient (Wildman–Crippen LogP) is 4.79. The van der Waals surface area contributed by atoms with Crippen molar-refractivity contribution in [1.82, 2.24) is 5.32 Å². The first-order valence-electron chi connectivity index (χ1n) is 7.97. The van der Waals surface area contributed by atoms with E-state index in [1.165, 1.54) is 29.5 Å². The van der Waals surface area contributed by atoms with E-state index in [9.17, 15) is 0 Å². The molecule has 2 heteroatoms. The molecule has 0 aliphatic rings. The van der Waals surface area contributed by atoms with Crippen LogP contribution >= 0.6 is 0 Å². The maximum absolute atomic E-state index is 5.67. The van der Waals surface area contributed by atoms with Crippen molar-refractivity contribution < 1.29 is 4.74 Å². The Bertz CT molecular complexity index is 410. The molecule has 0 saturated heterocycles. The molecule has 0 saturated carbocycles. The maximum Gasteiger partial charge on any atom is 0.124 e. The van der Waals surface area contributed by atoms with Crippen molar-refractivity contribution in [2.75, 3.05) is 13.7 Å². The van der Waals surface area contributed by atoms with Gasteiger partial charge < -0.3 is 10.1 Å². The molecule has 0 fully saturated rings. The van der Waals surface area contributed by atoms with Crippen LogP contribution in [-0.2, 0) is 0 Å². The van der Waals surface area contributed by atoms with Gasteiger partial charge in [0.2, 0.25) is 0 Å². The minimum absolute atomic E-state index is 0.389. The topological polar surface area (TPSA) is 21.3 Å². The fraction of sp³-hybridized carbons (Fsp3) is 0.667. The third-order valence-electron chi connectivity index (χ3n) is 4.16. The quantitative estimate of drug-likeness (QED) is 0.737. The highest BCUT2D eigenvalue weighted by atomic mass is 16.5. The maximum atomic E-state index is 5.67. The first kappa shape index (κ1) is 17.0. The largest absolute Gasteiger partial charge is 0.496 e. The molecule has 1 rings (SSSR count). The Morgan fingerprint density at radius 2 is 1.75 bits per heavy atom. The second-order valence-corrected chi connectivity index (χ2v) is 5.71. The molecular weight excluding hydrogens is 246 g/mol. The number of ether oxygens (including phenoxy) is 1. The highest BCUT2D eigenvalue weighted by molar-refractivity contribution is 5.45. The highest BCUT2D eigenvalue weighted by Crippen LogP contribution is 2.36. The van der Waals surface area contributed by atoms with Gasteiger partial charge in [0.05, 0.1) is 7.11 Å². The van der Waals surface area contributed by atoms with Gasteiger partial charge in [-0.25, -0.2) is 0 Å². The summed E-state index contributed by atoms with van der Waals surface area (Å²) in [5.74, 6) is 1.68. The van der Waals surface area contributed by atoms with Gasteiger partial charge in [0.1, 0.15) is 5.75 Å². The molecule has 0 amide bonds. The van der Waals surface area contributed by atoms with Crippen molar-refractivity contribution in [3.8, 4) is 5.75 Å². The van der Waals surface area contributed by atoms with Crippen molar-refractivity contribution in [2.45, 2.75) is 59.9 Å². The van der Waals surface area contributed by atoms with Crippen LogP contribution in [-0.4, -0.2) is 13.7 Å². The Morgan fingerprint density at radius 1 is 1.10 bits per heavy atom. The Balaban J connectivity index is 3.24. The summed E-state index contributed by atoms with van der Waals surface area (Å²) in [6.45, 7) is 12.2. The van der Waals surface area contributed by atoms with Crippen molar-refractivity contribution in [3.63, 3.8) is 0 Å². The Kier molecular flexibility index (Phi) is 7.08. The SMILES string of the molecule is CCCNC(c1c(C)cc(C)cc1OC)C(CC)CC. The van der Waals surface area contributed by atoms with Crippen molar-refractivity contribution in [1.29, 1.82) is 0 Å². The van der Waals surface area contributed by atoms with E-state index in [0.29, 0.717) is 12.0 Å². The minimum Gasteiger partial charge on any atom is -0.496 e. The molecule has 1 unspecified atom stereocenters.